The molecule has 33 heavy (non-hydrogen) atoms. The zero-order valence-corrected chi connectivity index (χ0v) is 20.9. The maximum absolute atomic E-state index is 13.3. The minimum atomic E-state index is -3.66. The Bertz CT molecular complexity index is 1320. The minimum absolute atomic E-state index is 0.0982. The average Bonchev–Trinajstić information content (AvgIpc) is 3.53. The summed E-state index contributed by atoms with van der Waals surface area (Å²) in [6.45, 7) is 1.44. The molecular formula is C23H24IN5O3S. The van der Waals surface area contributed by atoms with Crippen LogP contribution in [0.2, 0.25) is 0 Å². The molecule has 1 saturated carbocycles. The van der Waals surface area contributed by atoms with Crippen molar-refractivity contribution in [3.8, 4) is 0 Å². The summed E-state index contributed by atoms with van der Waals surface area (Å²) in [5, 5.41) is 0.736. The highest BCUT2D eigenvalue weighted by Gasteiger charge is 2.47. The van der Waals surface area contributed by atoms with E-state index in [1.54, 1.807) is 0 Å². The van der Waals surface area contributed by atoms with Gasteiger partial charge in [-0.25, -0.2) is 22.4 Å². The van der Waals surface area contributed by atoms with Gasteiger partial charge in [0.25, 0.3) is 0 Å². The standard InChI is InChI=1S/C23H24IN5O3S/c24-20-10-19-21(27-11-17-8-9-18(12-27)28(17)23(30)16-6-7-16)25-14-26-22(19)29(20)33(31,32)13-15-4-2-1-3-5-15/h1-5,10,14,16-18H,6-9,11-13H2. The highest BCUT2D eigenvalue weighted by atomic mass is 127. The van der Waals surface area contributed by atoms with E-state index in [-0.39, 0.29) is 23.8 Å². The summed E-state index contributed by atoms with van der Waals surface area (Å²) in [7, 11) is -3.66. The molecule has 6 rings (SSSR count). The summed E-state index contributed by atoms with van der Waals surface area (Å²) in [6.07, 6.45) is 5.52. The second-order valence-corrected chi connectivity index (χ2v) is 12.1. The molecule has 10 heteroatoms. The molecule has 1 aromatic carbocycles. The van der Waals surface area contributed by atoms with Gasteiger partial charge in [0.05, 0.1) is 14.8 Å². The molecule has 3 aliphatic rings. The molecule has 2 saturated heterocycles. The summed E-state index contributed by atoms with van der Waals surface area (Å²) in [5.74, 6) is 1.21. The van der Waals surface area contributed by atoms with E-state index < -0.39 is 10.0 Å². The van der Waals surface area contributed by atoms with Crippen molar-refractivity contribution in [2.24, 2.45) is 5.92 Å². The van der Waals surface area contributed by atoms with Crippen molar-refractivity contribution in [1.82, 2.24) is 18.8 Å². The van der Waals surface area contributed by atoms with Gasteiger partial charge in [-0.05, 0) is 59.9 Å². The van der Waals surface area contributed by atoms with E-state index in [1.807, 2.05) is 36.4 Å². The molecule has 8 nitrogen and oxygen atoms in total. The molecule has 0 spiro atoms. The van der Waals surface area contributed by atoms with Crippen molar-refractivity contribution in [2.45, 2.75) is 43.5 Å². The molecule has 2 bridgehead atoms. The normalized spacial score (nSPS) is 22.8. The highest BCUT2D eigenvalue weighted by Crippen LogP contribution is 2.40. The van der Waals surface area contributed by atoms with E-state index in [0.29, 0.717) is 15.3 Å². The maximum Gasteiger partial charge on any atom is 0.245 e. The first kappa shape index (κ1) is 21.3. The fourth-order valence-corrected chi connectivity index (χ4v) is 8.20. The van der Waals surface area contributed by atoms with Gasteiger partial charge in [0.1, 0.15) is 12.1 Å². The monoisotopic (exact) mass is 577 g/mol. The molecule has 0 radical (unpaired) electrons. The number of fused-ring (bicyclic) bond motifs is 3. The lowest BCUT2D eigenvalue weighted by Crippen LogP contribution is -2.56. The number of nitrogens with zero attached hydrogens (tertiary/aromatic N) is 5. The van der Waals surface area contributed by atoms with Crippen molar-refractivity contribution >= 4 is 55.4 Å². The topological polar surface area (TPSA) is 88.4 Å². The second kappa shape index (κ2) is 7.93. The Morgan fingerprint density at radius 3 is 2.39 bits per heavy atom. The summed E-state index contributed by atoms with van der Waals surface area (Å²) < 4.78 is 28.6. The van der Waals surface area contributed by atoms with Crippen molar-refractivity contribution in [2.75, 3.05) is 18.0 Å². The number of hydrogen-bond donors (Lipinski definition) is 0. The third-order valence-electron chi connectivity index (χ3n) is 6.92. The largest absolute Gasteiger partial charge is 0.352 e. The number of carbonyl (C=O) groups is 1. The van der Waals surface area contributed by atoms with Crippen LogP contribution in [0.25, 0.3) is 11.0 Å². The smallest absolute Gasteiger partial charge is 0.245 e. The molecule has 4 heterocycles. The molecular weight excluding hydrogens is 553 g/mol. The molecule has 2 unspecified atom stereocenters. The van der Waals surface area contributed by atoms with Gasteiger partial charge in [0.15, 0.2) is 5.65 Å². The predicted molar refractivity (Wildman–Crippen MR) is 133 cm³/mol. The van der Waals surface area contributed by atoms with Crippen molar-refractivity contribution in [3.05, 3.63) is 52.0 Å². The van der Waals surface area contributed by atoms with Crippen LogP contribution in [0.1, 0.15) is 31.2 Å². The van der Waals surface area contributed by atoms with Crippen molar-refractivity contribution in [1.29, 1.82) is 0 Å². The number of hydrogen-bond acceptors (Lipinski definition) is 6. The van der Waals surface area contributed by atoms with Gasteiger partial charge >= 0.3 is 0 Å². The van der Waals surface area contributed by atoms with Crippen LogP contribution in [0.4, 0.5) is 5.82 Å². The predicted octanol–water partition coefficient (Wildman–Crippen LogP) is 3.00. The number of benzene rings is 1. The number of piperazine rings is 1. The number of aromatic nitrogens is 3. The molecule has 1 aliphatic carbocycles. The molecule has 3 aromatic rings. The summed E-state index contributed by atoms with van der Waals surface area (Å²) in [4.78, 5) is 26.1. The van der Waals surface area contributed by atoms with Gasteiger partial charge in [-0.1, -0.05) is 30.3 Å². The van der Waals surface area contributed by atoms with Crippen LogP contribution >= 0.6 is 22.6 Å². The molecule has 2 aromatic heterocycles. The Morgan fingerprint density at radius 2 is 1.73 bits per heavy atom. The Hall–Kier alpha value is -2.21. The molecule has 3 fully saturated rings. The van der Waals surface area contributed by atoms with Crippen LogP contribution < -0.4 is 4.90 Å². The first-order valence-corrected chi connectivity index (χ1v) is 14.0. The fourth-order valence-electron chi connectivity index (χ4n) is 5.29. The van der Waals surface area contributed by atoms with Crippen LogP contribution in [0.3, 0.4) is 0 Å². The Labute approximate surface area is 206 Å². The summed E-state index contributed by atoms with van der Waals surface area (Å²) in [6, 6.07) is 11.4. The molecule has 2 atom stereocenters. The van der Waals surface area contributed by atoms with Crippen LogP contribution in [0.15, 0.2) is 42.7 Å². The Morgan fingerprint density at radius 1 is 1.03 bits per heavy atom. The molecule has 2 aliphatic heterocycles. The van der Waals surface area contributed by atoms with Gasteiger partial charge in [-0.3, -0.25) is 4.79 Å². The molecule has 172 valence electrons. The van der Waals surface area contributed by atoms with E-state index in [0.717, 1.165) is 55.5 Å². The third-order valence-corrected chi connectivity index (χ3v) is 9.67. The van der Waals surface area contributed by atoms with E-state index in [4.69, 9.17) is 0 Å². The van der Waals surface area contributed by atoms with Gasteiger partial charge in [0.2, 0.25) is 15.9 Å². The lowest BCUT2D eigenvalue weighted by molar-refractivity contribution is -0.135. The van der Waals surface area contributed by atoms with Gasteiger partial charge in [0, 0.05) is 31.1 Å². The van der Waals surface area contributed by atoms with Crippen LogP contribution in [-0.2, 0) is 20.6 Å². The quantitative estimate of drug-likeness (QED) is 0.434. The minimum Gasteiger partial charge on any atom is -0.352 e. The number of carbonyl (C=O) groups excluding carboxylic acids is 1. The highest BCUT2D eigenvalue weighted by molar-refractivity contribution is 14.1. The Balaban J connectivity index is 1.34. The lowest BCUT2D eigenvalue weighted by atomic mass is 10.1. The average molecular weight is 577 g/mol. The van der Waals surface area contributed by atoms with Crippen LogP contribution in [-0.4, -0.2) is 58.3 Å². The third kappa shape index (κ3) is 3.71. The number of anilines is 1. The Kier molecular flexibility index (Phi) is 5.13. The summed E-state index contributed by atoms with van der Waals surface area (Å²) >= 11 is 2.06. The SMILES string of the molecule is O=C(C1CC1)N1C2CCC1CN(c1ncnc3c1cc(I)n3S(=O)(=O)Cc1ccccc1)C2. The van der Waals surface area contributed by atoms with E-state index in [2.05, 4.69) is 42.4 Å². The van der Waals surface area contributed by atoms with E-state index in [9.17, 15) is 13.2 Å². The fraction of sp³-hybridized carbons (Fsp3) is 0.435. The van der Waals surface area contributed by atoms with Gasteiger partial charge < -0.3 is 9.80 Å². The van der Waals surface area contributed by atoms with Crippen molar-refractivity contribution in [3.63, 3.8) is 0 Å². The number of rotatable bonds is 5. The van der Waals surface area contributed by atoms with Gasteiger partial charge in [-0.15, -0.1) is 0 Å². The first-order chi connectivity index (χ1) is 15.9. The van der Waals surface area contributed by atoms with Gasteiger partial charge in [-0.2, -0.15) is 0 Å². The van der Waals surface area contributed by atoms with Crippen molar-refractivity contribution < 1.29 is 13.2 Å². The van der Waals surface area contributed by atoms with Crippen LogP contribution in [0.5, 0.6) is 0 Å². The summed E-state index contributed by atoms with van der Waals surface area (Å²) in [5.41, 5.74) is 1.14. The van der Waals surface area contributed by atoms with E-state index in [1.165, 1.54) is 10.3 Å². The lowest BCUT2D eigenvalue weighted by Gasteiger charge is -2.41. The maximum atomic E-state index is 13.3. The van der Waals surface area contributed by atoms with E-state index >= 15 is 0 Å². The first-order valence-electron chi connectivity index (χ1n) is 11.3. The molecule has 1 amide bonds. The zero-order chi connectivity index (χ0) is 22.7. The number of amides is 1. The molecule has 0 N–H and O–H groups in total. The second-order valence-electron chi connectivity index (χ2n) is 9.22. The number of halogens is 1. The zero-order valence-electron chi connectivity index (χ0n) is 18.0. The van der Waals surface area contributed by atoms with Crippen LogP contribution in [0, 0.1) is 9.62 Å².